The molecule has 122 valence electrons. The number of hydrogen-bond donors (Lipinski definition) is 1. The maximum Gasteiger partial charge on any atom is 0.317 e. The molecule has 0 spiro atoms. The Balaban J connectivity index is 1.83. The van der Waals surface area contributed by atoms with Crippen LogP contribution in [0, 0.1) is 0 Å². The van der Waals surface area contributed by atoms with Gasteiger partial charge in [0.15, 0.2) is 0 Å². The van der Waals surface area contributed by atoms with E-state index < -0.39 is 0 Å². The number of urea groups is 1. The van der Waals surface area contributed by atoms with Crippen LogP contribution < -0.4 is 5.32 Å². The monoisotopic (exact) mass is 326 g/mol. The fraction of sp³-hybridized carbons (Fsp3) is 0.562. The van der Waals surface area contributed by atoms with Crippen LogP contribution in [0.15, 0.2) is 24.3 Å². The van der Waals surface area contributed by atoms with Crippen LogP contribution in [0.4, 0.5) is 4.79 Å². The van der Waals surface area contributed by atoms with Crippen molar-refractivity contribution >= 4 is 17.6 Å². The molecule has 1 aliphatic heterocycles. The number of ether oxygens (including phenoxy) is 2. The molecule has 1 fully saturated rings. The zero-order chi connectivity index (χ0) is 15.9. The summed E-state index contributed by atoms with van der Waals surface area (Å²) in [7, 11) is 3.35. The van der Waals surface area contributed by atoms with E-state index in [0.29, 0.717) is 11.6 Å². The Kier molecular flexibility index (Phi) is 6.49. The molecule has 0 aromatic heterocycles. The van der Waals surface area contributed by atoms with Gasteiger partial charge in [-0.15, -0.1) is 0 Å². The van der Waals surface area contributed by atoms with E-state index in [1.807, 2.05) is 29.2 Å². The Morgan fingerprint density at radius 1 is 1.32 bits per heavy atom. The number of piperidine rings is 1. The summed E-state index contributed by atoms with van der Waals surface area (Å²) >= 11 is 5.88. The van der Waals surface area contributed by atoms with Crippen molar-refractivity contribution in [3.05, 3.63) is 34.9 Å². The molecular weight excluding hydrogens is 304 g/mol. The van der Waals surface area contributed by atoms with Gasteiger partial charge in [-0.3, -0.25) is 0 Å². The lowest BCUT2D eigenvalue weighted by atomic mass is 10.1. The van der Waals surface area contributed by atoms with Crippen molar-refractivity contribution in [1.29, 1.82) is 0 Å². The molecule has 1 N–H and O–H groups in total. The standard InChI is InChI=1S/C16H23ClN2O3/c1-21-14-7-9-19(10-8-14)16(20)18-11-15(22-2)12-3-5-13(17)6-4-12/h3-6,14-15H,7-11H2,1-2H3,(H,18,20)/t15-/m0/s1. The summed E-state index contributed by atoms with van der Waals surface area (Å²) in [5, 5.41) is 3.62. The highest BCUT2D eigenvalue weighted by molar-refractivity contribution is 6.30. The first-order chi connectivity index (χ1) is 10.6. The summed E-state index contributed by atoms with van der Waals surface area (Å²) < 4.78 is 10.8. The number of carbonyl (C=O) groups is 1. The molecule has 1 aromatic rings. The van der Waals surface area contributed by atoms with Crippen LogP contribution in [0.1, 0.15) is 24.5 Å². The second-order valence-corrected chi connectivity index (χ2v) is 5.82. The number of rotatable bonds is 5. The summed E-state index contributed by atoms with van der Waals surface area (Å²) in [6, 6.07) is 7.41. The summed E-state index contributed by atoms with van der Waals surface area (Å²) in [6.45, 7) is 1.88. The van der Waals surface area contributed by atoms with Crippen molar-refractivity contribution in [3.63, 3.8) is 0 Å². The van der Waals surface area contributed by atoms with Gasteiger partial charge < -0.3 is 19.7 Å². The number of likely N-dealkylation sites (tertiary alicyclic amines) is 1. The molecule has 0 bridgehead atoms. The summed E-state index contributed by atoms with van der Waals surface area (Å²) in [5.74, 6) is 0. The minimum absolute atomic E-state index is 0.0504. The Hall–Kier alpha value is -1.30. The van der Waals surface area contributed by atoms with Gasteiger partial charge in [-0.1, -0.05) is 23.7 Å². The second kappa shape index (κ2) is 8.36. The quantitative estimate of drug-likeness (QED) is 0.905. The van der Waals surface area contributed by atoms with E-state index >= 15 is 0 Å². The maximum absolute atomic E-state index is 12.2. The van der Waals surface area contributed by atoms with Crippen molar-refractivity contribution in [2.24, 2.45) is 0 Å². The smallest absolute Gasteiger partial charge is 0.317 e. The van der Waals surface area contributed by atoms with Crippen molar-refractivity contribution in [1.82, 2.24) is 10.2 Å². The van der Waals surface area contributed by atoms with Gasteiger partial charge >= 0.3 is 6.03 Å². The predicted octanol–water partition coefficient (Wildman–Crippen LogP) is 2.85. The van der Waals surface area contributed by atoms with Crippen molar-refractivity contribution in [2.75, 3.05) is 33.9 Å². The number of carbonyl (C=O) groups excluding carboxylic acids is 1. The number of halogens is 1. The molecule has 0 radical (unpaired) electrons. The molecule has 1 aliphatic rings. The third-order valence-electron chi connectivity index (χ3n) is 4.03. The van der Waals surface area contributed by atoms with Crippen molar-refractivity contribution in [2.45, 2.75) is 25.0 Å². The Morgan fingerprint density at radius 2 is 1.95 bits per heavy atom. The molecule has 1 saturated heterocycles. The topological polar surface area (TPSA) is 50.8 Å². The molecule has 2 amide bonds. The zero-order valence-corrected chi connectivity index (χ0v) is 13.8. The molecule has 1 aromatic carbocycles. The normalized spacial score (nSPS) is 17.3. The highest BCUT2D eigenvalue weighted by Gasteiger charge is 2.23. The first-order valence-electron chi connectivity index (χ1n) is 7.48. The summed E-state index contributed by atoms with van der Waals surface area (Å²) in [4.78, 5) is 14.0. The van der Waals surface area contributed by atoms with E-state index in [1.54, 1.807) is 14.2 Å². The van der Waals surface area contributed by atoms with Crippen LogP contribution in [0.2, 0.25) is 5.02 Å². The highest BCUT2D eigenvalue weighted by atomic mass is 35.5. The number of nitrogens with zero attached hydrogens (tertiary/aromatic N) is 1. The Morgan fingerprint density at radius 3 is 2.50 bits per heavy atom. The Labute approximate surface area is 136 Å². The van der Waals surface area contributed by atoms with Gasteiger partial charge in [-0.25, -0.2) is 4.79 Å². The number of methoxy groups -OCH3 is 2. The molecule has 6 heteroatoms. The van der Waals surface area contributed by atoms with Gasteiger partial charge in [-0.05, 0) is 30.5 Å². The fourth-order valence-electron chi connectivity index (χ4n) is 2.60. The van der Waals surface area contributed by atoms with Gasteiger partial charge in [-0.2, -0.15) is 0 Å². The molecule has 0 unspecified atom stereocenters. The average Bonchev–Trinajstić information content (AvgIpc) is 2.56. The molecule has 22 heavy (non-hydrogen) atoms. The third kappa shape index (κ3) is 4.60. The largest absolute Gasteiger partial charge is 0.381 e. The van der Waals surface area contributed by atoms with E-state index in [4.69, 9.17) is 21.1 Å². The van der Waals surface area contributed by atoms with Gasteiger partial charge in [0, 0.05) is 38.9 Å². The predicted molar refractivity (Wildman–Crippen MR) is 86.2 cm³/mol. The molecule has 0 saturated carbocycles. The number of amides is 2. The number of benzene rings is 1. The molecular formula is C16H23ClN2O3. The third-order valence-corrected chi connectivity index (χ3v) is 4.28. The van der Waals surface area contributed by atoms with Crippen molar-refractivity contribution < 1.29 is 14.3 Å². The maximum atomic E-state index is 12.2. The van der Waals surface area contributed by atoms with Gasteiger partial charge in [0.2, 0.25) is 0 Å². The van der Waals surface area contributed by atoms with E-state index in [2.05, 4.69) is 5.32 Å². The highest BCUT2D eigenvalue weighted by Crippen LogP contribution is 2.19. The van der Waals surface area contributed by atoms with Gasteiger partial charge in [0.25, 0.3) is 0 Å². The SMILES string of the molecule is COC1CCN(C(=O)NC[C@H](OC)c2ccc(Cl)cc2)CC1. The van der Waals surface area contributed by atoms with Crippen LogP contribution in [-0.4, -0.2) is 50.9 Å². The summed E-state index contributed by atoms with van der Waals surface area (Å²) in [5.41, 5.74) is 0.991. The van der Waals surface area contributed by atoms with Crippen LogP contribution in [0.5, 0.6) is 0 Å². The fourth-order valence-corrected chi connectivity index (χ4v) is 2.73. The van der Waals surface area contributed by atoms with Gasteiger partial charge in [0.1, 0.15) is 0 Å². The van der Waals surface area contributed by atoms with Crippen molar-refractivity contribution in [3.8, 4) is 0 Å². The van der Waals surface area contributed by atoms with Gasteiger partial charge in [0.05, 0.1) is 12.2 Å². The minimum Gasteiger partial charge on any atom is -0.381 e. The van der Waals surface area contributed by atoms with E-state index in [-0.39, 0.29) is 18.2 Å². The average molecular weight is 327 g/mol. The van der Waals surface area contributed by atoms with Crippen LogP contribution in [0.3, 0.4) is 0 Å². The zero-order valence-electron chi connectivity index (χ0n) is 13.0. The lowest BCUT2D eigenvalue weighted by molar-refractivity contribution is 0.0490. The number of hydrogen-bond acceptors (Lipinski definition) is 3. The van der Waals surface area contributed by atoms with E-state index in [0.717, 1.165) is 31.5 Å². The van der Waals surface area contributed by atoms with E-state index in [9.17, 15) is 4.79 Å². The molecule has 2 rings (SSSR count). The molecule has 1 heterocycles. The first-order valence-corrected chi connectivity index (χ1v) is 7.85. The van der Waals surface area contributed by atoms with Crippen LogP contribution >= 0.6 is 11.6 Å². The lowest BCUT2D eigenvalue weighted by Gasteiger charge is -2.31. The molecule has 0 aliphatic carbocycles. The lowest BCUT2D eigenvalue weighted by Crippen LogP contribution is -2.46. The molecule has 5 nitrogen and oxygen atoms in total. The first kappa shape index (κ1) is 17.1. The minimum atomic E-state index is -0.183. The second-order valence-electron chi connectivity index (χ2n) is 5.38. The molecule has 1 atom stereocenters. The van der Waals surface area contributed by atoms with Crippen LogP contribution in [-0.2, 0) is 9.47 Å². The Bertz CT molecular complexity index is 473. The summed E-state index contributed by atoms with van der Waals surface area (Å²) in [6.07, 6.45) is 1.85. The van der Waals surface area contributed by atoms with Crippen LogP contribution in [0.25, 0.3) is 0 Å². The number of nitrogens with one attached hydrogen (secondary N) is 1. The van der Waals surface area contributed by atoms with E-state index in [1.165, 1.54) is 0 Å².